The minimum atomic E-state index is -4.44. The van der Waals surface area contributed by atoms with Crippen molar-refractivity contribution in [3.05, 3.63) is 59.1 Å². The number of benzene rings is 2. The maximum absolute atomic E-state index is 12.7. The summed E-state index contributed by atoms with van der Waals surface area (Å²) in [4.78, 5) is 25.7. The number of amides is 2. The fraction of sp³-hybridized carbons (Fsp3) is 0.222. The summed E-state index contributed by atoms with van der Waals surface area (Å²) in [7, 11) is 1.45. The molecule has 2 aromatic rings. The quantitative estimate of drug-likeness (QED) is 0.703. The van der Waals surface area contributed by atoms with Crippen molar-refractivity contribution in [1.82, 2.24) is 4.90 Å². The summed E-state index contributed by atoms with van der Waals surface area (Å²) in [6, 6.07) is 11.4. The van der Waals surface area contributed by atoms with Crippen molar-refractivity contribution in [3.63, 3.8) is 0 Å². The van der Waals surface area contributed by atoms with Gasteiger partial charge in [0.2, 0.25) is 11.8 Å². The highest BCUT2D eigenvalue weighted by molar-refractivity contribution is 8.00. The summed E-state index contributed by atoms with van der Waals surface area (Å²) in [5.74, 6) is -0.897. The smallest absolute Gasteiger partial charge is 0.336 e. The highest BCUT2D eigenvalue weighted by Crippen LogP contribution is 2.31. The third-order valence-corrected chi connectivity index (χ3v) is 4.79. The lowest BCUT2D eigenvalue weighted by Crippen LogP contribution is -2.36. The Balaban J connectivity index is 1.87. The number of rotatable bonds is 6. The average Bonchev–Trinajstić information content (AvgIpc) is 2.61. The predicted molar refractivity (Wildman–Crippen MR) is 99.9 cm³/mol. The van der Waals surface area contributed by atoms with E-state index in [2.05, 4.69) is 5.32 Å². The molecule has 27 heavy (non-hydrogen) atoms. The third-order valence-electron chi connectivity index (χ3n) is 3.48. The molecule has 0 radical (unpaired) electrons. The molecule has 0 saturated heterocycles. The fourth-order valence-corrected chi connectivity index (χ4v) is 3.15. The van der Waals surface area contributed by atoms with Crippen molar-refractivity contribution >= 4 is 40.9 Å². The number of thioether (sulfide) groups is 1. The highest BCUT2D eigenvalue weighted by atomic mass is 35.5. The number of likely N-dealkylation sites (N-methyl/N-ethyl adjacent to an activating group) is 1. The van der Waals surface area contributed by atoms with E-state index in [9.17, 15) is 22.8 Å². The van der Waals surface area contributed by atoms with Crippen LogP contribution in [0.4, 0.5) is 18.9 Å². The van der Waals surface area contributed by atoms with Gasteiger partial charge in [-0.15, -0.1) is 11.8 Å². The molecule has 0 spiro atoms. The molecule has 1 N–H and O–H groups in total. The Morgan fingerprint density at radius 2 is 1.85 bits per heavy atom. The first kappa shape index (κ1) is 21.1. The third kappa shape index (κ3) is 6.48. The lowest BCUT2D eigenvalue weighted by Gasteiger charge is -2.17. The van der Waals surface area contributed by atoms with Crippen LogP contribution >= 0.6 is 23.4 Å². The van der Waals surface area contributed by atoms with Crippen LogP contribution < -0.4 is 5.32 Å². The number of hydrogen-bond donors (Lipinski definition) is 1. The van der Waals surface area contributed by atoms with Crippen LogP contribution in [-0.2, 0) is 15.8 Å². The number of halogens is 4. The number of anilines is 1. The summed E-state index contributed by atoms with van der Waals surface area (Å²) in [5, 5.41) is 2.97. The minimum absolute atomic E-state index is 0.0861. The lowest BCUT2D eigenvalue weighted by molar-refractivity contribution is -0.137. The molecule has 0 fully saturated rings. The zero-order valence-electron chi connectivity index (χ0n) is 14.2. The number of hydrogen-bond acceptors (Lipinski definition) is 3. The van der Waals surface area contributed by atoms with Gasteiger partial charge < -0.3 is 10.2 Å². The second kappa shape index (κ2) is 9.14. The van der Waals surface area contributed by atoms with Crippen molar-refractivity contribution in [2.75, 3.05) is 24.7 Å². The van der Waals surface area contributed by atoms with Gasteiger partial charge >= 0.3 is 6.18 Å². The van der Waals surface area contributed by atoms with Gasteiger partial charge in [-0.25, -0.2) is 0 Å². The van der Waals surface area contributed by atoms with Gasteiger partial charge in [-0.05, 0) is 30.3 Å². The van der Waals surface area contributed by atoms with Crippen LogP contribution in [0, 0.1) is 0 Å². The summed E-state index contributed by atoms with van der Waals surface area (Å²) in [6.45, 7) is -0.201. The number of para-hydroxylation sites is 1. The normalized spacial score (nSPS) is 11.1. The van der Waals surface area contributed by atoms with E-state index in [4.69, 9.17) is 11.6 Å². The molecule has 0 atom stereocenters. The Morgan fingerprint density at radius 1 is 1.15 bits per heavy atom. The van der Waals surface area contributed by atoms with Gasteiger partial charge in [0.25, 0.3) is 0 Å². The molecule has 0 heterocycles. The molecule has 2 amide bonds. The van der Waals surface area contributed by atoms with E-state index in [-0.39, 0.29) is 18.2 Å². The van der Waals surface area contributed by atoms with E-state index >= 15 is 0 Å². The molecule has 9 heteroatoms. The van der Waals surface area contributed by atoms with E-state index < -0.39 is 17.6 Å². The molecule has 2 rings (SSSR count). The van der Waals surface area contributed by atoms with Gasteiger partial charge in [0, 0.05) is 11.9 Å². The number of alkyl halides is 3. The molecular weight excluding hydrogens is 401 g/mol. The zero-order chi connectivity index (χ0) is 20.0. The Kier molecular flexibility index (Phi) is 7.15. The van der Waals surface area contributed by atoms with Crippen molar-refractivity contribution < 1.29 is 22.8 Å². The van der Waals surface area contributed by atoms with Crippen LogP contribution in [0.5, 0.6) is 0 Å². The Hall–Kier alpha value is -2.19. The van der Waals surface area contributed by atoms with Crippen LogP contribution in [-0.4, -0.2) is 36.1 Å². The molecule has 0 aliphatic carbocycles. The first-order chi connectivity index (χ1) is 12.7. The summed E-state index contributed by atoms with van der Waals surface area (Å²) >= 11 is 6.93. The molecule has 0 bridgehead atoms. The van der Waals surface area contributed by atoms with Gasteiger partial charge in [0.1, 0.15) is 0 Å². The van der Waals surface area contributed by atoms with Crippen LogP contribution in [0.1, 0.15) is 5.56 Å². The Labute approximate surface area is 163 Å². The van der Waals surface area contributed by atoms with Gasteiger partial charge in [0.15, 0.2) is 0 Å². The molecule has 144 valence electrons. The lowest BCUT2D eigenvalue weighted by atomic mass is 10.2. The van der Waals surface area contributed by atoms with E-state index in [1.807, 2.05) is 0 Å². The van der Waals surface area contributed by atoms with Gasteiger partial charge in [-0.1, -0.05) is 29.8 Å². The van der Waals surface area contributed by atoms with Gasteiger partial charge in [-0.2, -0.15) is 13.2 Å². The second-order valence-electron chi connectivity index (χ2n) is 5.59. The minimum Gasteiger partial charge on any atom is -0.336 e. The first-order valence-electron chi connectivity index (χ1n) is 7.75. The average molecular weight is 417 g/mol. The molecule has 4 nitrogen and oxygen atoms in total. The molecule has 0 aliphatic heterocycles. The van der Waals surface area contributed by atoms with Crippen LogP contribution in [0.2, 0.25) is 5.02 Å². The standard InChI is InChI=1S/C18H16ClF3N2O2S/c1-24(10-16(25)23-15-8-3-2-7-14(15)19)17(26)11-27-13-6-4-5-12(9-13)18(20,21)22/h2-9H,10-11H2,1H3,(H,23,25). The van der Waals surface area contributed by atoms with E-state index in [1.54, 1.807) is 24.3 Å². The van der Waals surface area contributed by atoms with Crippen LogP contribution in [0.3, 0.4) is 0 Å². The topological polar surface area (TPSA) is 49.4 Å². The van der Waals surface area contributed by atoms with Crippen LogP contribution in [0.15, 0.2) is 53.4 Å². The van der Waals surface area contributed by atoms with E-state index in [0.29, 0.717) is 15.6 Å². The summed E-state index contributed by atoms with van der Waals surface area (Å²) in [6.07, 6.45) is -4.44. The molecule has 0 unspecified atom stereocenters. The number of carbonyl (C=O) groups excluding carboxylic acids is 2. The Morgan fingerprint density at radius 3 is 2.52 bits per heavy atom. The molecule has 0 saturated carbocycles. The SMILES string of the molecule is CN(CC(=O)Nc1ccccc1Cl)C(=O)CSc1cccc(C(F)(F)F)c1. The second-order valence-corrected chi connectivity index (χ2v) is 7.05. The monoisotopic (exact) mass is 416 g/mol. The largest absolute Gasteiger partial charge is 0.416 e. The molecule has 0 aromatic heterocycles. The first-order valence-corrected chi connectivity index (χ1v) is 9.11. The number of carbonyl (C=O) groups is 2. The molecule has 0 aliphatic rings. The Bertz CT molecular complexity index is 830. The van der Waals surface area contributed by atoms with Crippen LogP contribution in [0.25, 0.3) is 0 Å². The zero-order valence-corrected chi connectivity index (χ0v) is 15.8. The van der Waals surface area contributed by atoms with E-state index in [0.717, 1.165) is 23.9 Å². The maximum atomic E-state index is 12.7. The van der Waals surface area contributed by atoms with Crippen molar-refractivity contribution in [2.24, 2.45) is 0 Å². The van der Waals surface area contributed by atoms with Gasteiger partial charge in [-0.3, -0.25) is 9.59 Å². The molecular formula is C18H16ClF3N2O2S. The van der Waals surface area contributed by atoms with Crippen molar-refractivity contribution in [3.8, 4) is 0 Å². The summed E-state index contributed by atoms with van der Waals surface area (Å²) < 4.78 is 38.1. The van der Waals surface area contributed by atoms with Gasteiger partial charge in [0.05, 0.1) is 28.6 Å². The predicted octanol–water partition coefficient (Wildman–Crippen LogP) is 4.55. The summed E-state index contributed by atoms with van der Waals surface area (Å²) in [5.41, 5.74) is -0.337. The van der Waals surface area contributed by atoms with Crippen molar-refractivity contribution in [2.45, 2.75) is 11.1 Å². The number of nitrogens with zero attached hydrogens (tertiary/aromatic N) is 1. The number of nitrogens with one attached hydrogen (secondary N) is 1. The van der Waals surface area contributed by atoms with E-state index in [1.165, 1.54) is 24.1 Å². The molecule has 2 aromatic carbocycles. The van der Waals surface area contributed by atoms with Crippen molar-refractivity contribution in [1.29, 1.82) is 0 Å². The highest BCUT2D eigenvalue weighted by Gasteiger charge is 2.30. The fourth-order valence-electron chi connectivity index (χ4n) is 2.07. The maximum Gasteiger partial charge on any atom is 0.416 e.